The second kappa shape index (κ2) is 7.79. The maximum atomic E-state index is 12.3. The topological polar surface area (TPSA) is 75.7 Å². The Labute approximate surface area is 137 Å². The molecule has 0 aromatic heterocycles. The van der Waals surface area contributed by atoms with Gasteiger partial charge in [-0.25, -0.2) is 8.42 Å². The Morgan fingerprint density at radius 2 is 2.04 bits per heavy atom. The fraction of sp³-hybridized carbons (Fsp3) is 0.562. The molecule has 1 unspecified atom stereocenters. The first-order valence-electron chi connectivity index (χ1n) is 7.78. The standard InChI is InChI=1S/C16H24N2O4S/c1-3-18(14-8-9-23(20,21)12-14)16(19)11-17-10-13-4-6-15(22-2)7-5-13/h4-7,14,17H,3,8-12H2,1-2H3. The predicted octanol–water partition coefficient (Wildman–Crippen LogP) is 0.820. The minimum absolute atomic E-state index is 0.0527. The zero-order chi connectivity index (χ0) is 16.9. The first-order chi connectivity index (χ1) is 10.9. The number of rotatable bonds is 7. The molecule has 0 spiro atoms. The lowest BCUT2D eigenvalue weighted by Crippen LogP contribution is -2.45. The number of likely N-dealkylation sites (N-methyl/N-ethyl adjacent to an activating group) is 1. The van der Waals surface area contributed by atoms with Crippen LogP contribution >= 0.6 is 0 Å². The molecule has 0 aliphatic carbocycles. The number of carbonyl (C=O) groups excluding carboxylic acids is 1. The van der Waals surface area contributed by atoms with Crippen LogP contribution in [0.1, 0.15) is 18.9 Å². The molecule has 0 bridgehead atoms. The smallest absolute Gasteiger partial charge is 0.236 e. The van der Waals surface area contributed by atoms with Gasteiger partial charge in [-0.1, -0.05) is 12.1 Å². The average molecular weight is 340 g/mol. The molecule has 1 aliphatic rings. The van der Waals surface area contributed by atoms with Crippen molar-refractivity contribution in [2.45, 2.75) is 25.9 Å². The highest BCUT2D eigenvalue weighted by atomic mass is 32.2. The molecule has 1 amide bonds. The molecule has 1 heterocycles. The average Bonchev–Trinajstić information content (AvgIpc) is 2.88. The fourth-order valence-corrected chi connectivity index (χ4v) is 4.55. The quantitative estimate of drug-likeness (QED) is 0.795. The summed E-state index contributed by atoms with van der Waals surface area (Å²) in [5.41, 5.74) is 1.06. The monoisotopic (exact) mass is 340 g/mol. The number of nitrogens with zero attached hydrogens (tertiary/aromatic N) is 1. The first-order valence-corrected chi connectivity index (χ1v) is 9.61. The predicted molar refractivity (Wildman–Crippen MR) is 89.1 cm³/mol. The van der Waals surface area contributed by atoms with Gasteiger partial charge in [-0.05, 0) is 31.0 Å². The lowest BCUT2D eigenvalue weighted by Gasteiger charge is -2.27. The molecule has 1 N–H and O–H groups in total. The zero-order valence-electron chi connectivity index (χ0n) is 13.6. The Kier molecular flexibility index (Phi) is 6.01. The van der Waals surface area contributed by atoms with Crippen molar-refractivity contribution in [3.8, 4) is 5.75 Å². The Bertz CT molecular complexity index is 628. The molecule has 1 aliphatic heterocycles. The number of methoxy groups -OCH3 is 1. The number of hydrogen-bond acceptors (Lipinski definition) is 5. The second-order valence-corrected chi connectivity index (χ2v) is 7.92. The molecule has 23 heavy (non-hydrogen) atoms. The van der Waals surface area contributed by atoms with Crippen molar-refractivity contribution in [2.24, 2.45) is 0 Å². The highest BCUT2D eigenvalue weighted by Gasteiger charge is 2.33. The molecule has 1 aromatic rings. The van der Waals surface area contributed by atoms with Crippen LogP contribution in [0.25, 0.3) is 0 Å². The van der Waals surface area contributed by atoms with Gasteiger partial charge >= 0.3 is 0 Å². The summed E-state index contributed by atoms with van der Waals surface area (Å²) < 4.78 is 28.2. The van der Waals surface area contributed by atoms with Crippen molar-refractivity contribution in [2.75, 3.05) is 31.7 Å². The van der Waals surface area contributed by atoms with Crippen LogP contribution in [0.4, 0.5) is 0 Å². The van der Waals surface area contributed by atoms with E-state index in [2.05, 4.69) is 5.32 Å². The largest absolute Gasteiger partial charge is 0.497 e. The number of ether oxygens (including phenoxy) is 1. The highest BCUT2D eigenvalue weighted by Crippen LogP contribution is 2.17. The molecule has 0 radical (unpaired) electrons. The Morgan fingerprint density at radius 3 is 2.57 bits per heavy atom. The maximum absolute atomic E-state index is 12.3. The second-order valence-electron chi connectivity index (χ2n) is 5.69. The third kappa shape index (κ3) is 4.94. The van der Waals surface area contributed by atoms with E-state index in [1.165, 1.54) is 0 Å². The normalized spacial score (nSPS) is 19.5. The number of amides is 1. The van der Waals surface area contributed by atoms with E-state index in [4.69, 9.17) is 4.74 Å². The van der Waals surface area contributed by atoms with Crippen molar-refractivity contribution in [3.05, 3.63) is 29.8 Å². The SMILES string of the molecule is CCN(C(=O)CNCc1ccc(OC)cc1)C1CCS(=O)(=O)C1. The minimum Gasteiger partial charge on any atom is -0.497 e. The molecule has 128 valence electrons. The van der Waals surface area contributed by atoms with Crippen molar-refractivity contribution >= 4 is 15.7 Å². The molecule has 7 heteroatoms. The molecular formula is C16H24N2O4S. The minimum atomic E-state index is -2.98. The molecule has 1 fully saturated rings. The fourth-order valence-electron chi connectivity index (χ4n) is 2.82. The molecule has 1 saturated heterocycles. The number of hydrogen-bond donors (Lipinski definition) is 1. The summed E-state index contributed by atoms with van der Waals surface area (Å²) in [6.45, 7) is 3.20. The first kappa shape index (κ1) is 17.7. The van der Waals surface area contributed by atoms with E-state index >= 15 is 0 Å². The Hall–Kier alpha value is -1.60. The number of carbonyl (C=O) groups is 1. The van der Waals surface area contributed by atoms with Crippen LogP contribution in [0.15, 0.2) is 24.3 Å². The summed E-state index contributed by atoms with van der Waals surface area (Å²) in [5, 5.41) is 3.12. The van der Waals surface area contributed by atoms with E-state index in [1.54, 1.807) is 12.0 Å². The highest BCUT2D eigenvalue weighted by molar-refractivity contribution is 7.91. The van der Waals surface area contributed by atoms with E-state index in [0.717, 1.165) is 11.3 Å². The summed E-state index contributed by atoms with van der Waals surface area (Å²) >= 11 is 0. The van der Waals surface area contributed by atoms with Gasteiger partial charge in [0, 0.05) is 19.1 Å². The van der Waals surface area contributed by atoms with Crippen molar-refractivity contribution < 1.29 is 17.9 Å². The van der Waals surface area contributed by atoms with Crippen LogP contribution in [0.5, 0.6) is 5.75 Å². The van der Waals surface area contributed by atoms with Crippen LogP contribution in [-0.4, -0.2) is 57.0 Å². The third-order valence-electron chi connectivity index (χ3n) is 4.07. The molecular weight excluding hydrogens is 316 g/mol. The zero-order valence-corrected chi connectivity index (χ0v) is 14.4. The van der Waals surface area contributed by atoms with Crippen molar-refractivity contribution in [3.63, 3.8) is 0 Å². The number of benzene rings is 1. The molecule has 2 rings (SSSR count). The van der Waals surface area contributed by atoms with Crippen LogP contribution in [0.2, 0.25) is 0 Å². The Morgan fingerprint density at radius 1 is 1.35 bits per heavy atom. The van der Waals surface area contributed by atoms with Gasteiger partial charge in [0.15, 0.2) is 9.84 Å². The van der Waals surface area contributed by atoms with Crippen LogP contribution in [-0.2, 0) is 21.2 Å². The molecule has 1 aromatic carbocycles. The number of nitrogens with one attached hydrogen (secondary N) is 1. The van der Waals surface area contributed by atoms with Crippen LogP contribution in [0.3, 0.4) is 0 Å². The van der Waals surface area contributed by atoms with E-state index in [-0.39, 0.29) is 30.0 Å². The summed E-state index contributed by atoms with van der Waals surface area (Å²) in [7, 11) is -1.36. The van der Waals surface area contributed by atoms with Gasteiger partial charge in [-0.2, -0.15) is 0 Å². The lowest BCUT2D eigenvalue weighted by molar-refractivity contribution is -0.131. The molecule has 6 nitrogen and oxygen atoms in total. The summed E-state index contributed by atoms with van der Waals surface area (Å²) in [6.07, 6.45) is 0.542. The molecule has 1 atom stereocenters. The van der Waals surface area contributed by atoms with Gasteiger partial charge in [0.05, 0.1) is 25.2 Å². The third-order valence-corrected chi connectivity index (χ3v) is 5.82. The lowest BCUT2D eigenvalue weighted by atomic mass is 10.2. The summed E-state index contributed by atoms with van der Waals surface area (Å²) in [5.74, 6) is 1.01. The van der Waals surface area contributed by atoms with E-state index in [0.29, 0.717) is 19.5 Å². The van der Waals surface area contributed by atoms with Gasteiger partial charge in [0.2, 0.25) is 5.91 Å². The molecule has 0 saturated carbocycles. The van der Waals surface area contributed by atoms with Crippen molar-refractivity contribution in [1.29, 1.82) is 0 Å². The Balaban J connectivity index is 1.82. The van der Waals surface area contributed by atoms with E-state index in [9.17, 15) is 13.2 Å². The van der Waals surface area contributed by atoms with Gasteiger partial charge < -0.3 is 15.0 Å². The van der Waals surface area contributed by atoms with Gasteiger partial charge in [-0.3, -0.25) is 4.79 Å². The van der Waals surface area contributed by atoms with Gasteiger partial charge in [0.1, 0.15) is 5.75 Å². The van der Waals surface area contributed by atoms with Crippen molar-refractivity contribution in [1.82, 2.24) is 10.2 Å². The summed E-state index contributed by atoms with van der Waals surface area (Å²) in [4.78, 5) is 14.0. The van der Waals surface area contributed by atoms with Crippen LogP contribution in [0, 0.1) is 0 Å². The number of sulfone groups is 1. The van der Waals surface area contributed by atoms with Gasteiger partial charge in [0.25, 0.3) is 0 Å². The maximum Gasteiger partial charge on any atom is 0.236 e. The summed E-state index contributed by atoms with van der Waals surface area (Å²) in [6, 6.07) is 7.45. The van der Waals surface area contributed by atoms with Gasteiger partial charge in [-0.15, -0.1) is 0 Å². The van der Waals surface area contributed by atoms with E-state index < -0.39 is 9.84 Å². The van der Waals surface area contributed by atoms with E-state index in [1.807, 2.05) is 31.2 Å². The van der Waals surface area contributed by atoms with Crippen LogP contribution < -0.4 is 10.1 Å².